The Morgan fingerprint density at radius 1 is 1.21 bits per heavy atom. The summed E-state index contributed by atoms with van der Waals surface area (Å²) in [5.41, 5.74) is 2.28. The molecule has 2 amide bonds. The summed E-state index contributed by atoms with van der Waals surface area (Å²) in [4.78, 5) is 30.2. The molecule has 2 aromatic heterocycles. The van der Waals surface area contributed by atoms with E-state index in [9.17, 15) is 9.59 Å². The molecule has 0 bridgehead atoms. The number of aryl methyl sites for hydroxylation is 2. The summed E-state index contributed by atoms with van der Waals surface area (Å²) in [7, 11) is 1.83. The topological polar surface area (TPSA) is 67.2 Å². The lowest BCUT2D eigenvalue weighted by molar-refractivity contribution is -0.141. The van der Waals surface area contributed by atoms with E-state index in [2.05, 4.69) is 10.4 Å². The van der Waals surface area contributed by atoms with Gasteiger partial charge in [-0.25, -0.2) is 0 Å². The molecule has 1 saturated carbocycles. The number of nitrogens with zero attached hydrogens (tertiary/aromatic N) is 3. The molecule has 8 heteroatoms. The Balaban J connectivity index is 1.72. The third-order valence-electron chi connectivity index (χ3n) is 6.38. The normalized spacial score (nSPS) is 15.1. The number of aromatic nitrogens is 2. The lowest BCUT2D eigenvalue weighted by Crippen LogP contribution is -2.47. The van der Waals surface area contributed by atoms with Gasteiger partial charge in [0.05, 0.1) is 12.1 Å². The third-order valence-corrected chi connectivity index (χ3v) is 7.63. The molecule has 6 nitrogen and oxygen atoms in total. The quantitative estimate of drug-likeness (QED) is 0.464. The number of hydrogen-bond acceptors (Lipinski definition) is 4. The molecule has 1 N–H and O–H groups in total. The van der Waals surface area contributed by atoms with Crippen molar-refractivity contribution in [2.75, 3.05) is 0 Å². The zero-order valence-electron chi connectivity index (χ0n) is 19.7. The van der Waals surface area contributed by atoms with E-state index in [4.69, 9.17) is 11.6 Å². The number of halogens is 1. The van der Waals surface area contributed by atoms with Crippen LogP contribution < -0.4 is 5.32 Å². The Morgan fingerprint density at radius 3 is 2.62 bits per heavy atom. The molecule has 1 aliphatic rings. The van der Waals surface area contributed by atoms with E-state index in [-0.39, 0.29) is 30.8 Å². The second-order valence-electron chi connectivity index (χ2n) is 8.96. The Bertz CT molecular complexity index is 1120. The van der Waals surface area contributed by atoms with Crippen molar-refractivity contribution in [1.29, 1.82) is 0 Å². The van der Waals surface area contributed by atoms with Crippen LogP contribution in [0.4, 0.5) is 0 Å². The van der Waals surface area contributed by atoms with Crippen LogP contribution in [-0.2, 0) is 29.6 Å². The minimum atomic E-state index is -0.792. The van der Waals surface area contributed by atoms with Crippen LogP contribution >= 0.6 is 22.9 Å². The molecular formula is C26H31ClN4O2S. The Morgan fingerprint density at radius 2 is 1.97 bits per heavy atom. The Labute approximate surface area is 209 Å². The molecule has 2 heterocycles. The maximum absolute atomic E-state index is 13.8. The number of nitrogens with one attached hydrogen (secondary N) is 1. The summed E-state index contributed by atoms with van der Waals surface area (Å²) in [6, 6.07) is 10.7. The van der Waals surface area contributed by atoms with Crippen LogP contribution in [0.5, 0.6) is 0 Å². The van der Waals surface area contributed by atoms with Crippen molar-refractivity contribution in [3.63, 3.8) is 0 Å². The number of hydrogen-bond donors (Lipinski definition) is 1. The van der Waals surface area contributed by atoms with E-state index >= 15 is 0 Å². The molecule has 34 heavy (non-hydrogen) atoms. The van der Waals surface area contributed by atoms with Gasteiger partial charge in [0, 0.05) is 41.3 Å². The zero-order chi connectivity index (χ0) is 24.1. The molecule has 180 valence electrons. The van der Waals surface area contributed by atoms with Crippen LogP contribution in [0.15, 0.2) is 48.0 Å². The molecular weight excluding hydrogens is 468 g/mol. The van der Waals surface area contributed by atoms with E-state index in [1.54, 1.807) is 9.58 Å². The van der Waals surface area contributed by atoms with Crippen LogP contribution in [0.25, 0.3) is 0 Å². The van der Waals surface area contributed by atoms with Crippen LogP contribution in [0, 0.1) is 6.92 Å². The first-order valence-corrected chi connectivity index (χ1v) is 13.0. The first-order valence-electron chi connectivity index (χ1n) is 11.8. The van der Waals surface area contributed by atoms with Gasteiger partial charge < -0.3 is 10.2 Å². The molecule has 0 aliphatic heterocycles. The van der Waals surface area contributed by atoms with E-state index in [0.29, 0.717) is 5.02 Å². The molecule has 1 aromatic carbocycles. The lowest BCUT2D eigenvalue weighted by atomic mass is 9.94. The molecule has 4 rings (SSSR count). The molecule has 0 spiro atoms. The van der Waals surface area contributed by atoms with Gasteiger partial charge in [-0.05, 0) is 42.8 Å². The summed E-state index contributed by atoms with van der Waals surface area (Å²) < 4.78 is 1.70. The van der Waals surface area contributed by atoms with Crippen LogP contribution in [-0.4, -0.2) is 32.5 Å². The SMILES string of the molecule is Cc1nn(C)cc1C(C(=O)NC1CCCCC1)N(Cc1ccccc1Cl)C(=O)Cc1cccs1. The molecule has 0 saturated heterocycles. The second kappa shape index (κ2) is 11.2. The number of thiophene rings is 1. The van der Waals surface area contributed by atoms with E-state index < -0.39 is 6.04 Å². The van der Waals surface area contributed by atoms with E-state index in [1.807, 2.05) is 61.9 Å². The summed E-state index contributed by atoms with van der Waals surface area (Å²) in [5.74, 6) is -0.274. The van der Waals surface area contributed by atoms with Crippen LogP contribution in [0.3, 0.4) is 0 Å². The highest BCUT2D eigenvalue weighted by Crippen LogP contribution is 2.30. The van der Waals surface area contributed by atoms with Gasteiger partial charge in [-0.3, -0.25) is 14.3 Å². The fourth-order valence-corrected chi connectivity index (χ4v) is 5.55. The minimum Gasteiger partial charge on any atom is -0.351 e. The highest BCUT2D eigenvalue weighted by atomic mass is 35.5. The predicted molar refractivity (Wildman–Crippen MR) is 136 cm³/mol. The molecule has 1 aliphatic carbocycles. The number of amides is 2. The highest BCUT2D eigenvalue weighted by molar-refractivity contribution is 7.10. The summed E-state index contributed by atoms with van der Waals surface area (Å²) in [5, 5.41) is 10.3. The van der Waals surface area contributed by atoms with Gasteiger partial charge >= 0.3 is 0 Å². The third kappa shape index (κ3) is 5.88. The maximum Gasteiger partial charge on any atom is 0.247 e. The van der Waals surface area contributed by atoms with Gasteiger partial charge in [0.15, 0.2) is 0 Å². The molecule has 1 unspecified atom stereocenters. The van der Waals surface area contributed by atoms with Crippen LogP contribution in [0.1, 0.15) is 59.8 Å². The molecule has 0 radical (unpaired) electrons. The first-order chi connectivity index (χ1) is 16.4. The van der Waals surface area contributed by atoms with Gasteiger partial charge in [0.25, 0.3) is 0 Å². The molecule has 1 fully saturated rings. The Kier molecular flexibility index (Phi) is 8.06. The van der Waals surface area contributed by atoms with Crippen molar-refractivity contribution < 1.29 is 9.59 Å². The fraction of sp³-hybridized carbons (Fsp3) is 0.423. The second-order valence-corrected chi connectivity index (χ2v) is 10.4. The largest absolute Gasteiger partial charge is 0.351 e. The van der Waals surface area contributed by atoms with Crippen molar-refractivity contribution in [2.24, 2.45) is 7.05 Å². The maximum atomic E-state index is 13.8. The minimum absolute atomic E-state index is 0.116. The van der Waals surface area contributed by atoms with E-state index in [0.717, 1.165) is 47.4 Å². The van der Waals surface area contributed by atoms with Crippen molar-refractivity contribution in [1.82, 2.24) is 20.0 Å². The van der Waals surface area contributed by atoms with Gasteiger partial charge in [-0.2, -0.15) is 5.10 Å². The molecule has 3 aromatic rings. The zero-order valence-corrected chi connectivity index (χ0v) is 21.2. The number of benzene rings is 1. The first kappa shape index (κ1) is 24.5. The van der Waals surface area contributed by atoms with Gasteiger partial charge in [0.1, 0.15) is 6.04 Å². The predicted octanol–water partition coefficient (Wildman–Crippen LogP) is 5.20. The van der Waals surface area contributed by atoms with Gasteiger partial charge in [-0.15, -0.1) is 11.3 Å². The molecule has 1 atom stereocenters. The highest BCUT2D eigenvalue weighted by Gasteiger charge is 2.35. The van der Waals surface area contributed by atoms with Gasteiger partial charge in [-0.1, -0.05) is 55.1 Å². The smallest absolute Gasteiger partial charge is 0.247 e. The van der Waals surface area contributed by atoms with Crippen molar-refractivity contribution in [3.05, 3.63) is 74.7 Å². The lowest BCUT2D eigenvalue weighted by Gasteiger charge is -2.33. The van der Waals surface area contributed by atoms with Gasteiger partial charge in [0.2, 0.25) is 11.8 Å². The standard InChI is InChI=1S/C26H31ClN4O2S/c1-18-22(17-30(2)29-18)25(26(33)28-20-10-4-3-5-11-20)31(16-19-9-6-7-13-23(19)27)24(32)15-21-12-8-14-34-21/h6-9,12-14,17,20,25H,3-5,10-11,15-16H2,1-2H3,(H,28,33). The number of carbonyl (C=O) groups excluding carboxylic acids is 2. The average Bonchev–Trinajstić information content (AvgIpc) is 3.44. The fourth-order valence-electron chi connectivity index (χ4n) is 4.66. The van der Waals surface area contributed by atoms with Crippen molar-refractivity contribution in [3.8, 4) is 0 Å². The number of carbonyl (C=O) groups is 2. The summed E-state index contributed by atoms with van der Waals surface area (Å²) in [6.45, 7) is 2.12. The van der Waals surface area contributed by atoms with E-state index in [1.165, 1.54) is 17.8 Å². The Hall–Kier alpha value is -2.64. The monoisotopic (exact) mass is 498 g/mol. The summed E-state index contributed by atoms with van der Waals surface area (Å²) in [6.07, 6.45) is 7.45. The van der Waals surface area contributed by atoms with Crippen molar-refractivity contribution >= 4 is 34.8 Å². The van der Waals surface area contributed by atoms with Crippen LogP contribution in [0.2, 0.25) is 5.02 Å². The number of rotatable bonds is 8. The summed E-state index contributed by atoms with van der Waals surface area (Å²) >= 11 is 8.02. The average molecular weight is 499 g/mol. The van der Waals surface area contributed by atoms with Crippen molar-refractivity contribution in [2.45, 2.75) is 64.1 Å².